The minimum absolute atomic E-state index is 0.333. The Kier molecular flexibility index (Phi) is 3.61. The molecule has 0 saturated heterocycles. The molecule has 0 aromatic heterocycles. The van der Waals surface area contributed by atoms with Gasteiger partial charge >= 0.3 is 5.97 Å². The molecule has 4 nitrogen and oxygen atoms in total. The monoisotopic (exact) mass is 256 g/mol. The third-order valence-corrected chi connectivity index (χ3v) is 2.71. The van der Waals surface area contributed by atoms with Crippen molar-refractivity contribution in [2.45, 2.75) is 0 Å². The van der Waals surface area contributed by atoms with Crippen LogP contribution in [0.25, 0.3) is 10.8 Å². The van der Waals surface area contributed by atoms with E-state index in [4.69, 9.17) is 9.84 Å². The first kappa shape index (κ1) is 12.8. The second-order valence-corrected chi connectivity index (χ2v) is 3.96. The Morgan fingerprint density at radius 2 is 1.74 bits per heavy atom. The lowest BCUT2D eigenvalue weighted by molar-refractivity contribution is -0.131. The molecule has 0 amide bonds. The average Bonchev–Trinajstić information content (AvgIpc) is 2.43. The fraction of sp³-hybridized carbons (Fsp3) is 0.0667. The first-order chi connectivity index (χ1) is 9.10. The van der Waals surface area contributed by atoms with Crippen molar-refractivity contribution >= 4 is 22.5 Å². The van der Waals surface area contributed by atoms with Crippen LogP contribution in [0.15, 0.2) is 48.6 Å². The van der Waals surface area contributed by atoms with Crippen LogP contribution < -0.4 is 4.74 Å². The van der Waals surface area contributed by atoms with Gasteiger partial charge in [0.1, 0.15) is 5.75 Å². The van der Waals surface area contributed by atoms with Gasteiger partial charge in [0, 0.05) is 11.6 Å². The number of fused-ring (bicyclic) bond motifs is 1. The van der Waals surface area contributed by atoms with Crippen molar-refractivity contribution in [3.8, 4) is 5.75 Å². The Bertz CT molecular complexity index is 671. The summed E-state index contributed by atoms with van der Waals surface area (Å²) < 4.78 is 5.12. The van der Waals surface area contributed by atoms with Gasteiger partial charge in [-0.2, -0.15) is 0 Å². The summed E-state index contributed by atoms with van der Waals surface area (Å²) in [5.41, 5.74) is 0.454. The molecule has 19 heavy (non-hydrogen) atoms. The fourth-order valence-electron chi connectivity index (χ4n) is 1.75. The number of hydrogen-bond donors (Lipinski definition) is 1. The maximum absolute atomic E-state index is 11.7. The fourth-order valence-corrected chi connectivity index (χ4v) is 1.75. The number of carboxylic acids is 1. The standard InChI is InChI=1S/C15H12O4/c1-19-13-5-4-10-8-12(3-2-11(10)9-13)14(16)6-7-15(17)18/h2-9H,1H3,(H,17,18)/b7-6+. The molecule has 0 aliphatic heterocycles. The molecule has 0 bridgehead atoms. The Morgan fingerprint density at radius 1 is 1.05 bits per heavy atom. The van der Waals surface area contributed by atoms with Gasteiger partial charge < -0.3 is 9.84 Å². The van der Waals surface area contributed by atoms with Gasteiger partial charge in [0.2, 0.25) is 0 Å². The predicted octanol–water partition coefficient (Wildman–Crippen LogP) is 2.67. The quantitative estimate of drug-likeness (QED) is 0.674. The molecule has 1 N–H and O–H groups in total. The molecule has 0 aliphatic carbocycles. The number of methoxy groups -OCH3 is 1. The van der Waals surface area contributed by atoms with Gasteiger partial charge in [-0.1, -0.05) is 18.2 Å². The van der Waals surface area contributed by atoms with E-state index in [2.05, 4.69) is 0 Å². The highest BCUT2D eigenvalue weighted by atomic mass is 16.5. The topological polar surface area (TPSA) is 63.6 Å². The summed E-state index contributed by atoms with van der Waals surface area (Å²) in [6.45, 7) is 0. The average molecular weight is 256 g/mol. The summed E-state index contributed by atoms with van der Waals surface area (Å²) in [5.74, 6) is -0.726. The van der Waals surface area contributed by atoms with Gasteiger partial charge in [-0.25, -0.2) is 4.79 Å². The second kappa shape index (κ2) is 5.35. The van der Waals surface area contributed by atoms with E-state index in [0.29, 0.717) is 5.56 Å². The van der Waals surface area contributed by atoms with E-state index in [1.807, 2.05) is 18.2 Å². The van der Waals surface area contributed by atoms with E-state index in [0.717, 1.165) is 28.7 Å². The summed E-state index contributed by atoms with van der Waals surface area (Å²) in [5, 5.41) is 10.3. The minimum atomic E-state index is -1.14. The number of carbonyl (C=O) groups is 2. The van der Waals surface area contributed by atoms with Gasteiger partial charge in [-0.15, -0.1) is 0 Å². The van der Waals surface area contributed by atoms with Crippen molar-refractivity contribution in [2.75, 3.05) is 7.11 Å². The Morgan fingerprint density at radius 3 is 2.42 bits per heavy atom. The molecule has 4 heteroatoms. The van der Waals surface area contributed by atoms with Crippen LogP contribution in [0, 0.1) is 0 Å². The smallest absolute Gasteiger partial charge is 0.328 e. The molecule has 2 rings (SSSR count). The first-order valence-corrected chi connectivity index (χ1v) is 5.63. The molecule has 0 saturated carbocycles. The van der Waals surface area contributed by atoms with Gasteiger partial charge in [0.25, 0.3) is 0 Å². The third kappa shape index (κ3) is 2.98. The molecule has 0 heterocycles. The summed E-state index contributed by atoms with van der Waals surface area (Å²) >= 11 is 0. The van der Waals surface area contributed by atoms with Crippen molar-refractivity contribution < 1.29 is 19.4 Å². The Labute approximate surface area is 109 Å². The van der Waals surface area contributed by atoms with E-state index in [1.54, 1.807) is 25.3 Å². The van der Waals surface area contributed by atoms with Crippen LogP contribution in [0.4, 0.5) is 0 Å². The molecule has 0 unspecified atom stereocenters. The zero-order valence-electron chi connectivity index (χ0n) is 10.3. The number of allylic oxidation sites excluding steroid dienone is 1. The van der Waals surface area contributed by atoms with Crippen molar-refractivity contribution in [1.82, 2.24) is 0 Å². The molecular weight excluding hydrogens is 244 g/mol. The number of hydrogen-bond acceptors (Lipinski definition) is 3. The van der Waals surface area contributed by atoms with Gasteiger partial charge in [0.05, 0.1) is 7.11 Å². The molecule has 96 valence electrons. The number of benzene rings is 2. The highest BCUT2D eigenvalue weighted by Gasteiger charge is 2.04. The SMILES string of the molecule is COc1ccc2cc(C(=O)/C=C/C(=O)O)ccc2c1. The maximum Gasteiger partial charge on any atom is 0.328 e. The second-order valence-electron chi connectivity index (χ2n) is 3.96. The van der Waals surface area contributed by atoms with Crippen LogP contribution in [0.5, 0.6) is 5.75 Å². The maximum atomic E-state index is 11.7. The van der Waals surface area contributed by atoms with Crippen LogP contribution >= 0.6 is 0 Å². The lowest BCUT2D eigenvalue weighted by atomic mass is 10.0. The number of carboxylic acid groups (broad SMARTS) is 1. The normalized spacial score (nSPS) is 10.8. The number of rotatable bonds is 4. The van der Waals surface area contributed by atoms with Gasteiger partial charge in [-0.3, -0.25) is 4.79 Å². The van der Waals surface area contributed by atoms with Crippen molar-refractivity contribution in [1.29, 1.82) is 0 Å². The molecular formula is C15H12O4. The van der Waals surface area contributed by atoms with Crippen LogP contribution in [0.2, 0.25) is 0 Å². The number of ether oxygens (including phenoxy) is 1. The summed E-state index contributed by atoms with van der Waals surface area (Å²) in [6.07, 6.45) is 1.88. The third-order valence-electron chi connectivity index (χ3n) is 2.71. The van der Waals surface area contributed by atoms with Gasteiger partial charge in [0.15, 0.2) is 5.78 Å². The van der Waals surface area contributed by atoms with Crippen LogP contribution in [0.3, 0.4) is 0 Å². The zero-order valence-corrected chi connectivity index (χ0v) is 10.3. The molecule has 0 atom stereocenters. The van der Waals surface area contributed by atoms with E-state index in [9.17, 15) is 9.59 Å². The van der Waals surface area contributed by atoms with E-state index < -0.39 is 5.97 Å². The predicted molar refractivity (Wildman–Crippen MR) is 71.6 cm³/mol. The highest BCUT2D eigenvalue weighted by Crippen LogP contribution is 2.22. The molecule has 0 aliphatic rings. The Balaban J connectivity index is 2.36. The summed E-state index contributed by atoms with van der Waals surface area (Å²) in [4.78, 5) is 22.1. The van der Waals surface area contributed by atoms with Crippen molar-refractivity contribution in [3.05, 3.63) is 54.1 Å². The largest absolute Gasteiger partial charge is 0.497 e. The summed E-state index contributed by atoms with van der Waals surface area (Å²) in [7, 11) is 1.59. The molecule has 0 radical (unpaired) electrons. The number of carbonyl (C=O) groups excluding carboxylic acids is 1. The lowest BCUT2D eigenvalue weighted by Crippen LogP contribution is -1.96. The zero-order chi connectivity index (χ0) is 13.8. The van der Waals surface area contributed by atoms with Crippen LogP contribution in [-0.4, -0.2) is 24.0 Å². The van der Waals surface area contributed by atoms with Crippen LogP contribution in [-0.2, 0) is 4.79 Å². The first-order valence-electron chi connectivity index (χ1n) is 5.63. The van der Waals surface area contributed by atoms with E-state index in [1.165, 1.54) is 0 Å². The molecule has 0 fully saturated rings. The highest BCUT2D eigenvalue weighted by molar-refractivity contribution is 6.08. The Hall–Kier alpha value is -2.62. The molecule has 0 spiro atoms. The number of aliphatic carboxylic acids is 1. The van der Waals surface area contributed by atoms with Gasteiger partial charge in [-0.05, 0) is 35.0 Å². The van der Waals surface area contributed by atoms with E-state index in [-0.39, 0.29) is 5.78 Å². The molecule has 2 aromatic carbocycles. The van der Waals surface area contributed by atoms with Crippen molar-refractivity contribution in [3.63, 3.8) is 0 Å². The molecule has 2 aromatic rings. The number of ketones is 1. The minimum Gasteiger partial charge on any atom is -0.497 e. The lowest BCUT2D eigenvalue weighted by Gasteiger charge is -2.03. The van der Waals surface area contributed by atoms with Crippen molar-refractivity contribution in [2.24, 2.45) is 0 Å². The van der Waals surface area contributed by atoms with E-state index >= 15 is 0 Å². The van der Waals surface area contributed by atoms with Crippen LogP contribution in [0.1, 0.15) is 10.4 Å². The summed E-state index contributed by atoms with van der Waals surface area (Å²) in [6, 6.07) is 10.7.